The average molecular weight is 253 g/mol. The summed E-state index contributed by atoms with van der Waals surface area (Å²) >= 11 is 1.63. The zero-order chi connectivity index (χ0) is 12.1. The summed E-state index contributed by atoms with van der Waals surface area (Å²) in [6.45, 7) is 0.864. The number of amidine groups is 1. The zero-order valence-electron chi connectivity index (χ0n) is 9.37. The summed E-state index contributed by atoms with van der Waals surface area (Å²) in [5, 5.41) is 12.4. The number of ether oxygens (including phenoxy) is 1. The molecule has 3 N–H and O–H groups in total. The van der Waals surface area contributed by atoms with Crippen LogP contribution in [0.1, 0.15) is 18.4 Å². The lowest BCUT2D eigenvalue weighted by Crippen LogP contribution is -2.13. The van der Waals surface area contributed by atoms with Gasteiger partial charge in [-0.1, -0.05) is 5.16 Å². The molecule has 0 aliphatic carbocycles. The van der Waals surface area contributed by atoms with Gasteiger partial charge in [0.1, 0.15) is 0 Å². The molecule has 0 radical (unpaired) electrons. The molecule has 0 spiro atoms. The van der Waals surface area contributed by atoms with E-state index in [2.05, 4.69) is 10.1 Å². The molecule has 1 aromatic heterocycles. The van der Waals surface area contributed by atoms with Gasteiger partial charge >= 0.3 is 0 Å². The topological polar surface area (TPSA) is 80.7 Å². The largest absolute Gasteiger partial charge is 0.409 e. The van der Waals surface area contributed by atoms with Gasteiger partial charge in [0.2, 0.25) is 0 Å². The highest BCUT2D eigenvalue weighted by Gasteiger charge is 2.15. The first-order valence-corrected chi connectivity index (χ1v) is 6.46. The third-order valence-electron chi connectivity index (χ3n) is 2.58. The molecule has 92 valence electrons. The van der Waals surface area contributed by atoms with E-state index >= 15 is 0 Å². The molecule has 2 rings (SSSR count). The van der Waals surface area contributed by atoms with Crippen molar-refractivity contribution in [3.05, 3.63) is 23.9 Å². The van der Waals surface area contributed by atoms with Crippen LogP contribution in [0.2, 0.25) is 0 Å². The second-order valence-electron chi connectivity index (χ2n) is 3.81. The minimum absolute atomic E-state index is 0.103. The van der Waals surface area contributed by atoms with Crippen LogP contribution in [0.4, 0.5) is 0 Å². The summed E-state index contributed by atoms with van der Waals surface area (Å²) in [6, 6.07) is 3.53. The Labute approximate surface area is 104 Å². The number of rotatable bonds is 4. The fourth-order valence-corrected chi connectivity index (χ4v) is 2.62. The van der Waals surface area contributed by atoms with Crippen LogP contribution < -0.4 is 5.73 Å². The Kier molecular flexibility index (Phi) is 4.22. The van der Waals surface area contributed by atoms with Gasteiger partial charge in [-0.15, -0.1) is 11.8 Å². The first-order chi connectivity index (χ1) is 8.29. The number of thioether (sulfide) groups is 1. The second-order valence-corrected chi connectivity index (χ2v) is 4.85. The Morgan fingerprint density at radius 3 is 3.29 bits per heavy atom. The molecule has 1 saturated heterocycles. The van der Waals surface area contributed by atoms with Crippen LogP contribution in [-0.4, -0.2) is 34.5 Å². The summed E-state index contributed by atoms with van der Waals surface area (Å²) in [4.78, 5) is 4.23. The van der Waals surface area contributed by atoms with Gasteiger partial charge in [-0.05, 0) is 25.0 Å². The molecule has 17 heavy (non-hydrogen) atoms. The fraction of sp³-hybridized carbons (Fsp3) is 0.455. The average Bonchev–Trinajstić information content (AvgIpc) is 2.89. The van der Waals surface area contributed by atoms with Crippen LogP contribution >= 0.6 is 11.8 Å². The maximum atomic E-state index is 8.60. The molecule has 6 heteroatoms. The zero-order valence-corrected chi connectivity index (χ0v) is 10.2. The predicted octanol–water partition coefficient (Wildman–Crippen LogP) is 1.45. The summed E-state index contributed by atoms with van der Waals surface area (Å²) < 4.78 is 5.54. The van der Waals surface area contributed by atoms with E-state index in [9.17, 15) is 0 Å². The van der Waals surface area contributed by atoms with Crippen molar-refractivity contribution in [2.45, 2.75) is 24.0 Å². The van der Waals surface area contributed by atoms with Gasteiger partial charge in [-0.25, -0.2) is 4.98 Å². The number of hydrogen-bond donors (Lipinski definition) is 2. The highest BCUT2D eigenvalue weighted by atomic mass is 32.2. The quantitative estimate of drug-likeness (QED) is 0.279. The lowest BCUT2D eigenvalue weighted by molar-refractivity contribution is 0.129. The molecule has 1 unspecified atom stereocenters. The molecule has 0 saturated carbocycles. The highest BCUT2D eigenvalue weighted by Crippen LogP contribution is 2.22. The first-order valence-electron chi connectivity index (χ1n) is 5.48. The van der Waals surface area contributed by atoms with Gasteiger partial charge < -0.3 is 15.7 Å². The van der Waals surface area contributed by atoms with E-state index in [0.29, 0.717) is 11.7 Å². The molecule has 1 fully saturated rings. The van der Waals surface area contributed by atoms with E-state index in [1.807, 2.05) is 6.07 Å². The minimum Gasteiger partial charge on any atom is -0.409 e. The molecule has 0 bridgehead atoms. The Morgan fingerprint density at radius 2 is 2.59 bits per heavy atom. The fourth-order valence-electron chi connectivity index (χ4n) is 1.66. The van der Waals surface area contributed by atoms with Crippen LogP contribution in [-0.2, 0) is 4.74 Å². The molecular weight excluding hydrogens is 238 g/mol. The molecule has 0 aromatic carbocycles. The van der Waals surface area contributed by atoms with Gasteiger partial charge in [0.05, 0.1) is 11.1 Å². The number of aromatic nitrogens is 1. The molecule has 1 atom stereocenters. The van der Waals surface area contributed by atoms with Crippen LogP contribution in [0.25, 0.3) is 0 Å². The molecule has 5 nitrogen and oxygen atoms in total. The maximum absolute atomic E-state index is 8.60. The Balaban J connectivity index is 1.96. The van der Waals surface area contributed by atoms with Gasteiger partial charge in [0.15, 0.2) is 5.84 Å². The predicted molar refractivity (Wildman–Crippen MR) is 66.4 cm³/mol. The summed E-state index contributed by atoms with van der Waals surface area (Å²) in [5.41, 5.74) is 6.20. The standard InChI is InChI=1S/C11H15N3O2S/c12-11(14-15)8-3-4-13-10(6-8)17-7-9-2-1-5-16-9/h3-4,6,9,15H,1-2,5,7H2,(H2,12,14). The van der Waals surface area contributed by atoms with E-state index < -0.39 is 0 Å². The molecule has 2 heterocycles. The Morgan fingerprint density at radius 1 is 1.71 bits per heavy atom. The monoisotopic (exact) mass is 253 g/mol. The molecule has 1 aliphatic rings. The van der Waals surface area contributed by atoms with Crippen LogP contribution in [0.3, 0.4) is 0 Å². The summed E-state index contributed by atoms with van der Waals surface area (Å²) in [7, 11) is 0. The van der Waals surface area contributed by atoms with Crippen molar-refractivity contribution in [1.29, 1.82) is 0 Å². The summed E-state index contributed by atoms with van der Waals surface area (Å²) in [5.74, 6) is 0.999. The molecule has 1 aliphatic heterocycles. The highest BCUT2D eigenvalue weighted by molar-refractivity contribution is 7.99. The summed E-state index contributed by atoms with van der Waals surface area (Å²) in [6.07, 6.45) is 4.25. The normalized spacial score (nSPS) is 20.7. The number of pyridine rings is 1. The number of nitrogens with two attached hydrogens (primary N) is 1. The number of hydrogen-bond acceptors (Lipinski definition) is 5. The van der Waals surface area contributed by atoms with Crippen LogP contribution in [0.15, 0.2) is 28.5 Å². The van der Waals surface area contributed by atoms with Gasteiger partial charge in [0.25, 0.3) is 0 Å². The number of oxime groups is 1. The maximum Gasteiger partial charge on any atom is 0.170 e. The minimum atomic E-state index is 0.103. The van der Waals surface area contributed by atoms with Gasteiger partial charge in [-0.3, -0.25) is 0 Å². The Bertz CT molecular complexity index is 405. The molecule has 1 aromatic rings. The lowest BCUT2D eigenvalue weighted by atomic mass is 10.2. The van der Waals surface area contributed by atoms with Crippen LogP contribution in [0, 0.1) is 0 Å². The van der Waals surface area contributed by atoms with Crippen molar-refractivity contribution in [2.75, 3.05) is 12.4 Å². The lowest BCUT2D eigenvalue weighted by Gasteiger charge is -2.08. The molecule has 0 amide bonds. The second kappa shape index (κ2) is 5.88. The first kappa shape index (κ1) is 12.2. The van der Waals surface area contributed by atoms with Gasteiger partial charge in [0, 0.05) is 24.1 Å². The van der Waals surface area contributed by atoms with Crippen molar-refractivity contribution >= 4 is 17.6 Å². The van der Waals surface area contributed by atoms with Crippen molar-refractivity contribution < 1.29 is 9.94 Å². The van der Waals surface area contributed by atoms with E-state index in [1.165, 1.54) is 0 Å². The van der Waals surface area contributed by atoms with Crippen LogP contribution in [0.5, 0.6) is 0 Å². The van der Waals surface area contributed by atoms with Crippen molar-refractivity contribution in [1.82, 2.24) is 4.98 Å². The van der Waals surface area contributed by atoms with E-state index in [0.717, 1.165) is 30.2 Å². The van der Waals surface area contributed by atoms with Crippen molar-refractivity contribution in [3.8, 4) is 0 Å². The van der Waals surface area contributed by atoms with E-state index in [4.69, 9.17) is 15.7 Å². The third-order valence-corrected chi connectivity index (χ3v) is 3.64. The van der Waals surface area contributed by atoms with E-state index in [1.54, 1.807) is 24.0 Å². The smallest absolute Gasteiger partial charge is 0.170 e. The van der Waals surface area contributed by atoms with Crippen molar-refractivity contribution in [3.63, 3.8) is 0 Å². The molecular formula is C11H15N3O2S. The number of nitrogens with zero attached hydrogens (tertiary/aromatic N) is 2. The SMILES string of the molecule is N/C(=N/O)c1ccnc(SCC2CCCO2)c1. The van der Waals surface area contributed by atoms with Gasteiger partial charge in [-0.2, -0.15) is 0 Å². The Hall–Kier alpha value is -1.27. The van der Waals surface area contributed by atoms with E-state index in [-0.39, 0.29) is 5.84 Å². The van der Waals surface area contributed by atoms with Crippen molar-refractivity contribution in [2.24, 2.45) is 10.9 Å². The third kappa shape index (κ3) is 3.34.